The summed E-state index contributed by atoms with van der Waals surface area (Å²) in [6.07, 6.45) is 2.93. The van der Waals surface area contributed by atoms with Crippen LogP contribution in [0.25, 0.3) is 10.9 Å². The highest BCUT2D eigenvalue weighted by Crippen LogP contribution is 2.28. The second-order valence-electron chi connectivity index (χ2n) is 7.63. The highest BCUT2D eigenvalue weighted by Gasteiger charge is 2.34. The number of pyridine rings is 1. The van der Waals surface area contributed by atoms with Gasteiger partial charge in [-0.2, -0.15) is 4.31 Å². The second-order valence-corrected chi connectivity index (χ2v) is 9.54. The molecule has 3 rings (SSSR count). The molecular weight excluding hydrogens is 418 g/mol. The van der Waals surface area contributed by atoms with Crippen molar-refractivity contribution in [2.75, 3.05) is 19.6 Å². The van der Waals surface area contributed by atoms with Crippen LogP contribution >= 0.6 is 0 Å². The summed E-state index contributed by atoms with van der Waals surface area (Å²) in [4.78, 5) is 28.8. The van der Waals surface area contributed by atoms with Crippen LogP contribution in [0, 0.1) is 12.8 Å². The van der Waals surface area contributed by atoms with E-state index in [1.807, 2.05) is 19.1 Å². The number of carbonyl (C=O) groups excluding carboxylic acids is 2. The topological polar surface area (TPSA) is 106 Å². The Morgan fingerprint density at radius 3 is 2.74 bits per heavy atom. The molecule has 1 fully saturated rings. The molecule has 2 heterocycles. The van der Waals surface area contributed by atoms with Crippen LogP contribution in [0.15, 0.2) is 48.0 Å². The Hall–Kier alpha value is -2.78. The number of hydrogen-bond donors (Lipinski definition) is 1. The number of nitrogens with one attached hydrogen (secondary N) is 1. The summed E-state index contributed by atoms with van der Waals surface area (Å²) in [5, 5.41) is 3.34. The van der Waals surface area contributed by atoms with Gasteiger partial charge in [0.05, 0.1) is 11.4 Å². The number of carbonyl (C=O) groups is 2. The van der Waals surface area contributed by atoms with E-state index in [9.17, 15) is 18.0 Å². The van der Waals surface area contributed by atoms with E-state index in [0.29, 0.717) is 24.9 Å². The molecule has 1 amide bonds. The first-order valence-corrected chi connectivity index (χ1v) is 11.6. The molecule has 1 aromatic heterocycles. The van der Waals surface area contributed by atoms with Crippen molar-refractivity contribution in [3.8, 4) is 0 Å². The molecule has 1 aromatic carbocycles. The van der Waals surface area contributed by atoms with Gasteiger partial charge in [0.15, 0.2) is 6.10 Å². The third kappa shape index (κ3) is 5.11. The summed E-state index contributed by atoms with van der Waals surface area (Å²) in [5.41, 5.74) is 1.39. The molecule has 1 saturated heterocycles. The summed E-state index contributed by atoms with van der Waals surface area (Å²) >= 11 is 0. The number of sulfonamides is 1. The highest BCUT2D eigenvalue weighted by atomic mass is 32.2. The summed E-state index contributed by atoms with van der Waals surface area (Å²) < 4.78 is 33.1. The average Bonchev–Trinajstić information content (AvgIpc) is 2.76. The number of benzene rings is 1. The van der Waals surface area contributed by atoms with Crippen LogP contribution < -0.4 is 5.32 Å². The standard InChI is InChI=1S/C22H27N3O5S/c1-4-10-23-21(26)16(3)30-22(27)17-8-11-25(12-9-17)31(28,29)19-7-5-6-18-13-15(2)14-24-20(18)19/h4-7,13-14,16-17H,1,8-12H2,2-3H3,(H,23,26)/t16-/m0/s1. The third-order valence-corrected chi connectivity index (χ3v) is 7.23. The van der Waals surface area contributed by atoms with Crippen molar-refractivity contribution in [1.82, 2.24) is 14.6 Å². The van der Waals surface area contributed by atoms with Crippen molar-refractivity contribution in [3.05, 3.63) is 48.7 Å². The molecule has 0 spiro atoms. The van der Waals surface area contributed by atoms with Crippen LogP contribution in [0.5, 0.6) is 0 Å². The lowest BCUT2D eigenvalue weighted by atomic mass is 9.98. The van der Waals surface area contributed by atoms with Crippen LogP contribution in [0.4, 0.5) is 0 Å². The van der Waals surface area contributed by atoms with Crippen LogP contribution in [-0.2, 0) is 24.3 Å². The van der Waals surface area contributed by atoms with Crippen molar-refractivity contribution in [1.29, 1.82) is 0 Å². The lowest BCUT2D eigenvalue weighted by Gasteiger charge is -2.30. The normalized spacial score (nSPS) is 16.6. The Morgan fingerprint density at radius 1 is 1.35 bits per heavy atom. The number of rotatable bonds is 7. The predicted octanol–water partition coefficient (Wildman–Crippen LogP) is 2.18. The number of esters is 1. The van der Waals surface area contributed by atoms with E-state index in [1.54, 1.807) is 18.3 Å². The molecule has 31 heavy (non-hydrogen) atoms. The van der Waals surface area contributed by atoms with Crippen LogP contribution in [0.3, 0.4) is 0 Å². The van der Waals surface area contributed by atoms with Gasteiger partial charge in [0.2, 0.25) is 10.0 Å². The fraction of sp³-hybridized carbons (Fsp3) is 0.409. The Morgan fingerprint density at radius 2 is 2.06 bits per heavy atom. The van der Waals surface area contributed by atoms with Crippen LogP contribution in [0.2, 0.25) is 0 Å². The minimum absolute atomic E-state index is 0.165. The lowest BCUT2D eigenvalue weighted by molar-refractivity contribution is -0.159. The number of ether oxygens (including phenoxy) is 1. The zero-order valence-electron chi connectivity index (χ0n) is 17.7. The molecule has 0 unspecified atom stereocenters. The zero-order chi connectivity index (χ0) is 22.6. The van der Waals surface area contributed by atoms with Gasteiger partial charge in [-0.25, -0.2) is 8.42 Å². The van der Waals surface area contributed by atoms with E-state index >= 15 is 0 Å². The lowest BCUT2D eigenvalue weighted by Crippen LogP contribution is -2.42. The predicted molar refractivity (Wildman–Crippen MR) is 117 cm³/mol. The number of para-hydroxylation sites is 1. The van der Waals surface area contributed by atoms with Gasteiger partial charge < -0.3 is 10.1 Å². The number of hydrogen-bond acceptors (Lipinski definition) is 6. The molecule has 1 aliphatic rings. The van der Waals surface area contributed by atoms with Crippen LogP contribution in [0.1, 0.15) is 25.3 Å². The molecule has 0 bridgehead atoms. The second kappa shape index (κ2) is 9.57. The number of aryl methyl sites for hydroxylation is 1. The minimum atomic E-state index is -3.75. The Balaban J connectivity index is 1.66. The average molecular weight is 446 g/mol. The van der Waals surface area contributed by atoms with E-state index in [1.165, 1.54) is 17.3 Å². The summed E-state index contributed by atoms with van der Waals surface area (Å²) in [7, 11) is -3.75. The maximum Gasteiger partial charge on any atom is 0.309 e. The van der Waals surface area contributed by atoms with Crippen molar-refractivity contribution in [2.24, 2.45) is 5.92 Å². The van der Waals surface area contributed by atoms with Crippen molar-refractivity contribution >= 4 is 32.8 Å². The highest BCUT2D eigenvalue weighted by molar-refractivity contribution is 7.89. The van der Waals surface area contributed by atoms with Gasteiger partial charge >= 0.3 is 5.97 Å². The molecule has 9 heteroatoms. The number of nitrogens with zero attached hydrogens (tertiary/aromatic N) is 2. The number of piperidine rings is 1. The Bertz CT molecular complexity index is 1090. The molecule has 1 N–H and O–H groups in total. The number of fused-ring (bicyclic) bond motifs is 1. The molecular formula is C22H27N3O5S. The van der Waals surface area contributed by atoms with Crippen molar-refractivity contribution in [2.45, 2.75) is 37.7 Å². The Labute approximate surface area is 182 Å². The maximum absolute atomic E-state index is 13.2. The molecule has 1 aliphatic heterocycles. The van der Waals surface area contributed by atoms with E-state index in [-0.39, 0.29) is 18.0 Å². The largest absolute Gasteiger partial charge is 0.452 e. The smallest absolute Gasteiger partial charge is 0.309 e. The molecule has 166 valence electrons. The van der Waals surface area contributed by atoms with Gasteiger partial charge in [0.25, 0.3) is 5.91 Å². The first-order chi connectivity index (χ1) is 14.7. The molecule has 0 saturated carbocycles. The minimum Gasteiger partial charge on any atom is -0.452 e. The first-order valence-electron chi connectivity index (χ1n) is 10.2. The Kier molecular flexibility index (Phi) is 7.07. The number of amides is 1. The van der Waals surface area contributed by atoms with Crippen molar-refractivity contribution < 1.29 is 22.7 Å². The molecule has 2 aromatic rings. The summed E-state index contributed by atoms with van der Waals surface area (Å²) in [5.74, 6) is -1.33. The third-order valence-electron chi connectivity index (χ3n) is 5.30. The van der Waals surface area contributed by atoms with Gasteiger partial charge in [-0.15, -0.1) is 6.58 Å². The van der Waals surface area contributed by atoms with Crippen LogP contribution in [-0.4, -0.2) is 55.3 Å². The molecule has 8 nitrogen and oxygen atoms in total. The first kappa shape index (κ1) is 22.9. The quantitative estimate of drug-likeness (QED) is 0.517. The summed E-state index contributed by atoms with van der Waals surface area (Å²) in [6.45, 7) is 7.61. The fourth-order valence-corrected chi connectivity index (χ4v) is 5.20. The zero-order valence-corrected chi connectivity index (χ0v) is 18.5. The van der Waals surface area contributed by atoms with Gasteiger partial charge in [-0.3, -0.25) is 14.6 Å². The van der Waals surface area contributed by atoms with Crippen molar-refractivity contribution in [3.63, 3.8) is 0 Å². The number of aromatic nitrogens is 1. The molecule has 1 atom stereocenters. The van der Waals surface area contributed by atoms with E-state index in [4.69, 9.17) is 4.74 Å². The van der Waals surface area contributed by atoms with Gasteiger partial charge in [-0.05, 0) is 44.4 Å². The maximum atomic E-state index is 13.2. The van der Waals surface area contributed by atoms with Gasteiger partial charge in [0, 0.05) is 31.2 Å². The fourth-order valence-electron chi connectivity index (χ4n) is 3.56. The van der Waals surface area contributed by atoms with Gasteiger partial charge in [0.1, 0.15) is 4.90 Å². The van der Waals surface area contributed by atoms with E-state index in [0.717, 1.165) is 10.9 Å². The van der Waals surface area contributed by atoms with E-state index < -0.39 is 33.9 Å². The summed E-state index contributed by atoms with van der Waals surface area (Å²) in [6, 6.07) is 7.00. The SMILES string of the molecule is C=CCNC(=O)[C@H](C)OC(=O)C1CCN(S(=O)(=O)c2cccc3cc(C)cnc23)CC1. The molecule has 0 aliphatic carbocycles. The van der Waals surface area contributed by atoms with E-state index in [2.05, 4.69) is 16.9 Å². The molecule has 0 radical (unpaired) electrons. The monoisotopic (exact) mass is 445 g/mol. The van der Waals surface area contributed by atoms with Gasteiger partial charge in [-0.1, -0.05) is 18.2 Å².